The van der Waals surface area contributed by atoms with E-state index in [1.807, 2.05) is 60.7 Å². The minimum atomic E-state index is -0.0287. The third kappa shape index (κ3) is 5.12. The van der Waals surface area contributed by atoms with E-state index in [-0.39, 0.29) is 12.0 Å². The van der Waals surface area contributed by atoms with Gasteiger partial charge in [-0.15, -0.1) is 0 Å². The van der Waals surface area contributed by atoms with Gasteiger partial charge in [0.25, 0.3) is 0 Å². The summed E-state index contributed by atoms with van der Waals surface area (Å²) >= 11 is 0. The molecule has 2 unspecified atom stereocenters. The molecular weight excluding hydrogens is 623 g/mol. The highest BCUT2D eigenvalue weighted by Gasteiger charge is 2.34. The van der Waals surface area contributed by atoms with Crippen LogP contribution in [0, 0.1) is 0 Å². The lowest BCUT2D eigenvalue weighted by atomic mass is 9.85. The summed E-state index contributed by atoms with van der Waals surface area (Å²) in [4.78, 5) is 15.2. The Morgan fingerprint density at radius 2 is 1.02 bits per heavy atom. The lowest BCUT2D eigenvalue weighted by molar-refractivity contribution is 0.269. The first-order chi connectivity index (χ1) is 25.3. The van der Waals surface area contributed by atoms with Crippen LogP contribution in [0.4, 0.5) is 0 Å². The van der Waals surface area contributed by atoms with Crippen LogP contribution in [0.3, 0.4) is 0 Å². The van der Waals surface area contributed by atoms with E-state index in [0.717, 1.165) is 55.5 Å². The lowest BCUT2D eigenvalue weighted by Gasteiger charge is -2.19. The molecule has 240 valence electrons. The molecule has 2 atom stereocenters. The van der Waals surface area contributed by atoms with Gasteiger partial charge in [0, 0.05) is 28.2 Å². The van der Waals surface area contributed by atoms with Gasteiger partial charge in [-0.05, 0) is 56.0 Å². The van der Waals surface area contributed by atoms with Gasteiger partial charge in [-0.1, -0.05) is 164 Å². The zero-order chi connectivity index (χ0) is 33.7. The Kier molecular flexibility index (Phi) is 6.91. The van der Waals surface area contributed by atoms with Gasteiger partial charge in [0.2, 0.25) is 0 Å². The molecule has 0 saturated carbocycles. The molecule has 0 spiro atoms. The largest absolute Gasteiger partial charge is 0.485 e. The van der Waals surface area contributed by atoms with E-state index in [4.69, 9.17) is 19.7 Å². The average Bonchev–Trinajstić information content (AvgIpc) is 3.59. The maximum Gasteiger partial charge on any atom is 0.165 e. The number of allylic oxidation sites excluding steroid dienone is 2. The first-order valence-corrected chi connectivity index (χ1v) is 17.3. The Labute approximate surface area is 296 Å². The van der Waals surface area contributed by atoms with Crippen molar-refractivity contribution in [3.63, 3.8) is 0 Å². The van der Waals surface area contributed by atoms with E-state index < -0.39 is 0 Å². The highest BCUT2D eigenvalue weighted by molar-refractivity contribution is 6.03. The number of rotatable bonds is 5. The maximum absolute atomic E-state index is 6.51. The highest BCUT2D eigenvalue weighted by Crippen LogP contribution is 2.47. The smallest absolute Gasteiger partial charge is 0.165 e. The first-order valence-electron chi connectivity index (χ1n) is 17.3. The van der Waals surface area contributed by atoms with Crippen molar-refractivity contribution in [1.29, 1.82) is 0 Å². The molecule has 4 nitrogen and oxygen atoms in total. The minimum Gasteiger partial charge on any atom is -0.485 e. The summed E-state index contributed by atoms with van der Waals surface area (Å²) < 4.78 is 6.51. The molecule has 0 amide bonds. The van der Waals surface area contributed by atoms with Gasteiger partial charge in [0.15, 0.2) is 17.5 Å². The molecule has 1 aliphatic carbocycles. The van der Waals surface area contributed by atoms with Crippen molar-refractivity contribution in [1.82, 2.24) is 15.0 Å². The third-order valence-corrected chi connectivity index (χ3v) is 10.1. The van der Waals surface area contributed by atoms with E-state index in [0.29, 0.717) is 17.5 Å². The van der Waals surface area contributed by atoms with Crippen molar-refractivity contribution in [3.05, 3.63) is 187 Å². The quantitative estimate of drug-likeness (QED) is 0.185. The van der Waals surface area contributed by atoms with E-state index in [9.17, 15) is 0 Å². The van der Waals surface area contributed by atoms with Gasteiger partial charge in [0.1, 0.15) is 11.9 Å². The molecule has 8 aromatic rings. The van der Waals surface area contributed by atoms with Crippen LogP contribution in [0.25, 0.3) is 72.4 Å². The van der Waals surface area contributed by atoms with Gasteiger partial charge in [0.05, 0.1) is 0 Å². The first kappa shape index (κ1) is 29.3. The van der Waals surface area contributed by atoms with Gasteiger partial charge in [-0.3, -0.25) is 0 Å². The SMILES string of the molecule is C1=CC2c3c(ccc4ccccc34)OC2C=C1c1ccc(-c2ccc3ccccc3c2-c2nc(-c3ccccc3)nc(-c3ccccc3)n2)cc1. The summed E-state index contributed by atoms with van der Waals surface area (Å²) in [7, 11) is 0. The standard InChI is InChI=1S/C47H31N3O/c1-3-13-34(14-4-1)45-48-46(35-15-5-2-6-16-35)50-47(49-45)44-38-18-10-8-11-31(38)23-26-39(44)33-21-19-30(20-22-33)36-24-27-40-42(29-36)51-41-28-25-32-12-7-9-17-37(32)43(40)41/h1-29,40,42H. The molecule has 10 rings (SSSR count). The number of nitrogens with zero attached hydrogens (tertiary/aromatic N) is 3. The monoisotopic (exact) mass is 653 g/mol. The summed E-state index contributed by atoms with van der Waals surface area (Å²) in [5.74, 6) is 3.12. The predicted molar refractivity (Wildman–Crippen MR) is 207 cm³/mol. The van der Waals surface area contributed by atoms with Crippen LogP contribution in [0.2, 0.25) is 0 Å². The summed E-state index contributed by atoms with van der Waals surface area (Å²) in [5, 5.41) is 4.74. The fraction of sp³-hybridized carbons (Fsp3) is 0.0426. The van der Waals surface area contributed by atoms with E-state index in [1.165, 1.54) is 16.3 Å². The topological polar surface area (TPSA) is 47.9 Å². The van der Waals surface area contributed by atoms with Crippen molar-refractivity contribution in [2.24, 2.45) is 0 Å². The third-order valence-electron chi connectivity index (χ3n) is 10.1. The van der Waals surface area contributed by atoms with Crippen molar-refractivity contribution in [2.75, 3.05) is 0 Å². The minimum absolute atomic E-state index is 0.0287. The molecule has 0 N–H and O–H groups in total. The van der Waals surface area contributed by atoms with Gasteiger partial charge < -0.3 is 4.74 Å². The zero-order valence-corrected chi connectivity index (χ0v) is 27.6. The molecule has 51 heavy (non-hydrogen) atoms. The Balaban J connectivity index is 1.06. The number of ether oxygens (including phenoxy) is 1. The molecule has 0 saturated heterocycles. The molecule has 0 bridgehead atoms. The highest BCUT2D eigenvalue weighted by atomic mass is 16.5. The van der Waals surface area contributed by atoms with Crippen LogP contribution in [-0.4, -0.2) is 21.1 Å². The van der Waals surface area contributed by atoms with Gasteiger partial charge >= 0.3 is 0 Å². The van der Waals surface area contributed by atoms with Crippen molar-refractivity contribution < 1.29 is 4.74 Å². The van der Waals surface area contributed by atoms with E-state index >= 15 is 0 Å². The number of hydrogen-bond donors (Lipinski definition) is 0. The van der Waals surface area contributed by atoms with Crippen LogP contribution < -0.4 is 4.74 Å². The number of fused-ring (bicyclic) bond motifs is 6. The lowest BCUT2D eigenvalue weighted by Crippen LogP contribution is -2.17. The zero-order valence-electron chi connectivity index (χ0n) is 27.6. The second-order valence-electron chi connectivity index (χ2n) is 13.1. The molecule has 1 aliphatic heterocycles. The molecular formula is C47H31N3O. The van der Waals surface area contributed by atoms with Crippen LogP contribution in [-0.2, 0) is 0 Å². The fourth-order valence-electron chi connectivity index (χ4n) is 7.60. The fourth-order valence-corrected chi connectivity index (χ4v) is 7.60. The summed E-state index contributed by atoms with van der Waals surface area (Å²) in [6.45, 7) is 0. The van der Waals surface area contributed by atoms with Crippen molar-refractivity contribution in [2.45, 2.75) is 12.0 Å². The van der Waals surface area contributed by atoms with Gasteiger partial charge in [-0.25, -0.2) is 15.0 Å². The predicted octanol–water partition coefficient (Wildman–Crippen LogP) is 11.3. The van der Waals surface area contributed by atoms with E-state index in [2.05, 4.69) is 115 Å². The second-order valence-corrected chi connectivity index (χ2v) is 13.1. The molecule has 1 aromatic heterocycles. The molecule has 4 heteroatoms. The second kappa shape index (κ2) is 12.0. The van der Waals surface area contributed by atoms with Crippen molar-refractivity contribution in [3.8, 4) is 51.0 Å². The van der Waals surface area contributed by atoms with E-state index in [1.54, 1.807) is 0 Å². The van der Waals surface area contributed by atoms with Gasteiger partial charge in [-0.2, -0.15) is 0 Å². The summed E-state index contributed by atoms with van der Waals surface area (Å²) in [6, 6.07) is 54.8. The Hall–Kier alpha value is -6.65. The van der Waals surface area contributed by atoms with Crippen molar-refractivity contribution >= 4 is 27.1 Å². The molecule has 7 aromatic carbocycles. The maximum atomic E-state index is 6.51. The van der Waals surface area contributed by atoms with Crippen LogP contribution in [0.15, 0.2) is 176 Å². The Morgan fingerprint density at radius 1 is 0.451 bits per heavy atom. The average molecular weight is 654 g/mol. The number of aromatic nitrogens is 3. The number of benzene rings is 7. The number of hydrogen-bond acceptors (Lipinski definition) is 4. The molecule has 2 aliphatic rings. The molecule has 0 radical (unpaired) electrons. The molecule has 0 fully saturated rings. The Morgan fingerprint density at radius 3 is 1.73 bits per heavy atom. The van der Waals surface area contributed by atoms with Crippen LogP contribution >= 0.6 is 0 Å². The van der Waals surface area contributed by atoms with Crippen LogP contribution in [0.5, 0.6) is 5.75 Å². The normalized spacial score (nSPS) is 16.0. The van der Waals surface area contributed by atoms with Crippen LogP contribution in [0.1, 0.15) is 17.0 Å². The summed E-state index contributed by atoms with van der Waals surface area (Å²) in [6.07, 6.45) is 6.80. The molecule has 2 heterocycles. The summed E-state index contributed by atoms with van der Waals surface area (Å²) in [5.41, 5.74) is 8.64. The Bertz CT molecular complexity index is 2610.